The van der Waals surface area contributed by atoms with E-state index in [0.717, 1.165) is 17.1 Å². The predicted octanol–water partition coefficient (Wildman–Crippen LogP) is 2.50. The maximum Gasteiger partial charge on any atom is 0.124 e. The highest BCUT2D eigenvalue weighted by Crippen LogP contribution is 2.19. The van der Waals surface area contributed by atoms with Crippen molar-refractivity contribution in [3.8, 4) is 5.75 Å². The smallest absolute Gasteiger partial charge is 0.124 e. The van der Waals surface area contributed by atoms with E-state index >= 15 is 0 Å². The van der Waals surface area contributed by atoms with Gasteiger partial charge in [-0.2, -0.15) is 0 Å². The summed E-state index contributed by atoms with van der Waals surface area (Å²) >= 11 is 0. The van der Waals surface area contributed by atoms with Crippen LogP contribution in [0.4, 0.5) is 0 Å². The number of nitrogens with zero attached hydrogens (tertiary/aromatic N) is 1. The molecule has 0 spiro atoms. The Hall–Kier alpha value is -1.89. The first-order chi connectivity index (χ1) is 10.5. The minimum Gasteiger partial charge on any atom is -0.744 e. The van der Waals surface area contributed by atoms with E-state index in [1.165, 1.54) is 24.6 Å². The molecule has 2 rings (SSSR count). The summed E-state index contributed by atoms with van der Waals surface area (Å²) in [5, 5.41) is 8.90. The first-order valence-electron chi connectivity index (χ1n) is 7.09. The van der Waals surface area contributed by atoms with Crippen LogP contribution in [0.25, 0.3) is 0 Å². The number of hydrogen-bond donors (Lipinski definition) is 1. The quantitative estimate of drug-likeness (QED) is 0.689. The van der Waals surface area contributed by atoms with Crippen LogP contribution in [0.2, 0.25) is 0 Å². The molecule has 23 heavy (non-hydrogen) atoms. The van der Waals surface area contributed by atoms with Crippen molar-refractivity contribution in [2.75, 3.05) is 21.1 Å². The van der Waals surface area contributed by atoms with E-state index in [9.17, 15) is 13.0 Å². The first kappa shape index (κ1) is 19.2. The van der Waals surface area contributed by atoms with Gasteiger partial charge in [-0.3, -0.25) is 0 Å². The summed E-state index contributed by atoms with van der Waals surface area (Å²) in [7, 11) is 2.14. The number of rotatable bonds is 3. The van der Waals surface area contributed by atoms with Crippen LogP contribution in [0, 0.1) is 6.92 Å². The maximum atomic E-state index is 10.5. The van der Waals surface area contributed by atoms with Gasteiger partial charge in [-0.1, -0.05) is 36.4 Å². The van der Waals surface area contributed by atoms with E-state index in [1.54, 1.807) is 0 Å². The molecule has 0 aliphatic carbocycles. The largest absolute Gasteiger partial charge is 0.744 e. The Labute approximate surface area is 138 Å². The third-order valence-electron chi connectivity index (χ3n) is 2.94. The van der Waals surface area contributed by atoms with Crippen molar-refractivity contribution < 1.29 is 22.6 Å². The Kier molecular flexibility index (Phi) is 6.32. The summed E-state index contributed by atoms with van der Waals surface area (Å²) in [6.07, 6.45) is 0. The van der Waals surface area contributed by atoms with Gasteiger partial charge in [-0.15, -0.1) is 0 Å². The SMILES string of the molecule is C[N+](C)(C)Cc1ccccc1.Cc1ccc(O)cc1S(=O)(=O)[O-]. The van der Waals surface area contributed by atoms with Crippen LogP contribution in [0.5, 0.6) is 5.75 Å². The van der Waals surface area contributed by atoms with Crippen molar-refractivity contribution in [3.05, 3.63) is 59.7 Å². The van der Waals surface area contributed by atoms with Crippen molar-refractivity contribution >= 4 is 10.1 Å². The Bertz CT molecular complexity index is 735. The minimum atomic E-state index is -4.47. The summed E-state index contributed by atoms with van der Waals surface area (Å²) in [6.45, 7) is 2.59. The van der Waals surface area contributed by atoms with Crippen LogP contribution in [0.1, 0.15) is 11.1 Å². The molecule has 126 valence electrons. The molecule has 0 fully saturated rings. The summed E-state index contributed by atoms with van der Waals surface area (Å²) in [5.74, 6) is -0.227. The minimum absolute atomic E-state index is 0.227. The van der Waals surface area contributed by atoms with Gasteiger partial charge in [0.2, 0.25) is 0 Å². The molecule has 6 heteroatoms. The molecule has 0 saturated heterocycles. The zero-order valence-corrected chi connectivity index (χ0v) is 14.7. The average Bonchev–Trinajstić information content (AvgIpc) is 2.40. The molecule has 2 aromatic carbocycles. The van der Waals surface area contributed by atoms with E-state index in [4.69, 9.17) is 5.11 Å². The fraction of sp³-hybridized carbons (Fsp3) is 0.294. The van der Waals surface area contributed by atoms with E-state index in [0.29, 0.717) is 5.56 Å². The van der Waals surface area contributed by atoms with Crippen molar-refractivity contribution in [2.45, 2.75) is 18.4 Å². The van der Waals surface area contributed by atoms with Crippen LogP contribution in [0.3, 0.4) is 0 Å². The molecule has 0 radical (unpaired) electrons. The second kappa shape index (κ2) is 7.59. The number of benzene rings is 2. The Balaban J connectivity index is 0.000000231. The van der Waals surface area contributed by atoms with Crippen molar-refractivity contribution in [2.24, 2.45) is 0 Å². The molecule has 0 heterocycles. The molecular weight excluding hydrogens is 314 g/mol. The van der Waals surface area contributed by atoms with Crippen molar-refractivity contribution in [1.29, 1.82) is 0 Å². The fourth-order valence-corrected chi connectivity index (χ4v) is 2.72. The lowest BCUT2D eigenvalue weighted by Gasteiger charge is -2.23. The van der Waals surface area contributed by atoms with Crippen LogP contribution in [0.15, 0.2) is 53.4 Å². The molecule has 0 amide bonds. The standard InChI is InChI=1S/C10H16N.C7H8O4S/c1-11(2,3)9-10-7-5-4-6-8-10;1-5-2-3-6(8)4-7(5)12(9,10)11/h4-8H,9H2,1-3H3;2-4,8H,1H3,(H,9,10,11)/q+1;/p-1. The van der Waals surface area contributed by atoms with Gasteiger partial charge in [0, 0.05) is 5.56 Å². The van der Waals surface area contributed by atoms with Crippen LogP contribution >= 0.6 is 0 Å². The molecule has 0 atom stereocenters. The number of phenols is 1. The average molecular weight is 337 g/mol. The molecule has 0 aliphatic rings. The zero-order chi connectivity index (χ0) is 17.7. The lowest BCUT2D eigenvalue weighted by molar-refractivity contribution is -0.884. The molecule has 5 nitrogen and oxygen atoms in total. The topological polar surface area (TPSA) is 77.4 Å². The van der Waals surface area contributed by atoms with Gasteiger partial charge in [0.25, 0.3) is 0 Å². The van der Waals surface area contributed by atoms with Crippen LogP contribution in [-0.4, -0.2) is 43.7 Å². The van der Waals surface area contributed by atoms with Gasteiger partial charge in [0.1, 0.15) is 22.4 Å². The van der Waals surface area contributed by atoms with Crippen LogP contribution in [-0.2, 0) is 16.7 Å². The lowest BCUT2D eigenvalue weighted by Crippen LogP contribution is -2.33. The van der Waals surface area contributed by atoms with Crippen molar-refractivity contribution in [3.63, 3.8) is 0 Å². The molecule has 0 bridgehead atoms. The normalized spacial score (nSPS) is 11.5. The highest BCUT2D eigenvalue weighted by atomic mass is 32.2. The molecule has 0 saturated carbocycles. The van der Waals surface area contributed by atoms with Gasteiger partial charge in [-0.25, -0.2) is 8.42 Å². The lowest BCUT2D eigenvalue weighted by atomic mass is 10.2. The van der Waals surface area contributed by atoms with Gasteiger partial charge in [-0.05, 0) is 24.6 Å². The third kappa shape index (κ3) is 7.27. The van der Waals surface area contributed by atoms with E-state index in [-0.39, 0.29) is 10.6 Å². The molecule has 0 aliphatic heterocycles. The highest BCUT2D eigenvalue weighted by Gasteiger charge is 2.07. The fourth-order valence-electron chi connectivity index (χ4n) is 1.99. The van der Waals surface area contributed by atoms with Gasteiger partial charge < -0.3 is 14.1 Å². The van der Waals surface area contributed by atoms with Crippen LogP contribution < -0.4 is 0 Å². The summed E-state index contributed by atoms with van der Waals surface area (Å²) in [5.41, 5.74) is 1.74. The Morgan fingerprint density at radius 3 is 2.04 bits per heavy atom. The highest BCUT2D eigenvalue weighted by molar-refractivity contribution is 7.85. The Morgan fingerprint density at radius 1 is 1.04 bits per heavy atom. The van der Waals surface area contributed by atoms with Crippen molar-refractivity contribution in [1.82, 2.24) is 0 Å². The van der Waals surface area contributed by atoms with Gasteiger partial charge in [0.15, 0.2) is 0 Å². The number of hydrogen-bond acceptors (Lipinski definition) is 4. The zero-order valence-electron chi connectivity index (χ0n) is 13.9. The van der Waals surface area contributed by atoms with E-state index < -0.39 is 10.1 Å². The second-order valence-electron chi connectivity index (χ2n) is 6.34. The number of aryl methyl sites for hydroxylation is 1. The molecule has 2 aromatic rings. The van der Waals surface area contributed by atoms with E-state index in [2.05, 4.69) is 51.5 Å². The molecule has 1 N–H and O–H groups in total. The molecular formula is C17H23NO4S. The number of quaternary nitrogens is 1. The Morgan fingerprint density at radius 2 is 1.61 bits per heavy atom. The second-order valence-corrected chi connectivity index (χ2v) is 7.69. The summed E-state index contributed by atoms with van der Waals surface area (Å²) < 4.78 is 32.6. The molecule has 0 aromatic heterocycles. The van der Waals surface area contributed by atoms with Gasteiger partial charge >= 0.3 is 0 Å². The summed E-state index contributed by atoms with van der Waals surface area (Å²) in [6, 6.07) is 14.2. The predicted molar refractivity (Wildman–Crippen MR) is 89.0 cm³/mol. The third-order valence-corrected chi connectivity index (χ3v) is 3.92. The number of aromatic hydroxyl groups is 1. The monoisotopic (exact) mass is 337 g/mol. The van der Waals surface area contributed by atoms with E-state index in [1.807, 2.05) is 0 Å². The number of phenolic OH excluding ortho intramolecular Hbond substituents is 1. The maximum absolute atomic E-state index is 10.5. The summed E-state index contributed by atoms with van der Waals surface area (Å²) in [4.78, 5) is -0.373. The first-order valence-corrected chi connectivity index (χ1v) is 8.50. The molecule has 0 unspecified atom stereocenters. The van der Waals surface area contributed by atoms with Gasteiger partial charge in [0.05, 0.1) is 26.0 Å².